The Balaban J connectivity index is 1.49. The zero-order valence-corrected chi connectivity index (χ0v) is 16.8. The van der Waals surface area contributed by atoms with E-state index in [0.29, 0.717) is 43.3 Å². The summed E-state index contributed by atoms with van der Waals surface area (Å²) in [5.41, 5.74) is 0.942. The van der Waals surface area contributed by atoms with Gasteiger partial charge in [0.15, 0.2) is 6.10 Å². The summed E-state index contributed by atoms with van der Waals surface area (Å²) in [6.45, 7) is 3.83. The lowest BCUT2D eigenvalue weighted by Crippen LogP contribution is -2.41. The van der Waals surface area contributed by atoms with Gasteiger partial charge in [-0.1, -0.05) is 48.5 Å². The Bertz CT molecular complexity index is 1050. The second kappa shape index (κ2) is 8.97. The minimum absolute atomic E-state index is 0.114. The summed E-state index contributed by atoms with van der Waals surface area (Å²) in [7, 11) is 0. The molecule has 2 amide bonds. The molecule has 0 unspecified atom stereocenters. The number of ether oxygens (including phenoxy) is 2. The first-order valence-corrected chi connectivity index (χ1v) is 10.0. The Labute approximate surface area is 175 Å². The summed E-state index contributed by atoms with van der Waals surface area (Å²) in [5.74, 6) is 0.218. The van der Waals surface area contributed by atoms with Crippen LogP contribution in [0.4, 0.5) is 5.69 Å². The van der Waals surface area contributed by atoms with Gasteiger partial charge in [0.2, 0.25) is 0 Å². The van der Waals surface area contributed by atoms with Gasteiger partial charge < -0.3 is 19.7 Å². The molecule has 1 heterocycles. The number of fused-ring (bicyclic) bond motifs is 1. The smallest absolute Gasteiger partial charge is 0.265 e. The molecule has 4 rings (SSSR count). The van der Waals surface area contributed by atoms with Gasteiger partial charge in [-0.25, -0.2) is 0 Å². The third-order valence-electron chi connectivity index (χ3n) is 5.14. The molecule has 1 atom stereocenters. The van der Waals surface area contributed by atoms with Crippen molar-refractivity contribution in [3.63, 3.8) is 0 Å². The summed E-state index contributed by atoms with van der Waals surface area (Å²) in [5, 5.41) is 4.85. The van der Waals surface area contributed by atoms with Crippen LogP contribution < -0.4 is 10.1 Å². The van der Waals surface area contributed by atoms with Crippen molar-refractivity contribution in [2.75, 3.05) is 31.6 Å². The number of benzene rings is 3. The fourth-order valence-corrected chi connectivity index (χ4v) is 3.49. The molecule has 0 aliphatic carbocycles. The van der Waals surface area contributed by atoms with Crippen LogP contribution in [0.3, 0.4) is 0 Å². The summed E-state index contributed by atoms with van der Waals surface area (Å²) >= 11 is 0. The first-order chi connectivity index (χ1) is 14.6. The number of morpholine rings is 1. The van der Waals surface area contributed by atoms with E-state index in [0.717, 1.165) is 10.8 Å². The number of carbonyl (C=O) groups excluding carboxylic acids is 2. The minimum Gasteiger partial charge on any atom is -0.480 e. The number of anilines is 1. The van der Waals surface area contributed by atoms with Crippen LogP contribution in [0.5, 0.6) is 5.75 Å². The van der Waals surface area contributed by atoms with E-state index < -0.39 is 6.10 Å². The summed E-state index contributed by atoms with van der Waals surface area (Å²) < 4.78 is 11.3. The molecular formula is C24H24N2O4. The molecule has 0 spiro atoms. The van der Waals surface area contributed by atoms with E-state index in [9.17, 15) is 9.59 Å². The van der Waals surface area contributed by atoms with E-state index in [2.05, 4.69) is 5.32 Å². The van der Waals surface area contributed by atoms with Crippen LogP contribution in [0.1, 0.15) is 17.3 Å². The number of nitrogens with one attached hydrogen (secondary N) is 1. The monoisotopic (exact) mass is 404 g/mol. The topological polar surface area (TPSA) is 67.9 Å². The molecule has 154 valence electrons. The maximum Gasteiger partial charge on any atom is 0.265 e. The van der Waals surface area contributed by atoms with Gasteiger partial charge in [0.1, 0.15) is 5.75 Å². The van der Waals surface area contributed by atoms with Crippen LogP contribution in [-0.2, 0) is 9.53 Å². The van der Waals surface area contributed by atoms with Crippen molar-refractivity contribution in [1.82, 2.24) is 4.90 Å². The predicted molar refractivity (Wildman–Crippen MR) is 116 cm³/mol. The predicted octanol–water partition coefficient (Wildman–Crippen LogP) is 3.72. The number of amides is 2. The maximum atomic E-state index is 12.9. The number of hydrogen-bond acceptors (Lipinski definition) is 4. The van der Waals surface area contributed by atoms with Crippen molar-refractivity contribution < 1.29 is 19.1 Å². The molecule has 6 heteroatoms. The molecule has 1 aliphatic rings. The number of hydrogen-bond donors (Lipinski definition) is 1. The molecule has 1 saturated heterocycles. The van der Waals surface area contributed by atoms with Gasteiger partial charge in [-0.2, -0.15) is 0 Å². The molecule has 1 fully saturated rings. The van der Waals surface area contributed by atoms with Crippen molar-refractivity contribution in [2.45, 2.75) is 13.0 Å². The van der Waals surface area contributed by atoms with Crippen LogP contribution in [0.15, 0.2) is 66.7 Å². The third-order valence-corrected chi connectivity index (χ3v) is 5.14. The van der Waals surface area contributed by atoms with Crippen LogP contribution in [0.25, 0.3) is 10.8 Å². The fourth-order valence-electron chi connectivity index (χ4n) is 3.49. The standard InChI is InChI=1S/C24H24N2O4/c1-17(30-22-12-6-8-18-7-2-3-9-19(18)22)23(27)25-21-11-5-4-10-20(21)24(28)26-13-15-29-16-14-26/h2-12,17H,13-16H2,1H3,(H,25,27)/t17-/m1/s1. The zero-order valence-electron chi connectivity index (χ0n) is 16.8. The average Bonchev–Trinajstić information content (AvgIpc) is 2.80. The highest BCUT2D eigenvalue weighted by atomic mass is 16.5. The van der Waals surface area contributed by atoms with Gasteiger partial charge in [-0.3, -0.25) is 9.59 Å². The van der Waals surface area contributed by atoms with Gasteiger partial charge in [0.25, 0.3) is 11.8 Å². The van der Waals surface area contributed by atoms with Crippen molar-refractivity contribution in [2.24, 2.45) is 0 Å². The van der Waals surface area contributed by atoms with Crippen LogP contribution in [0, 0.1) is 0 Å². The van der Waals surface area contributed by atoms with Gasteiger partial charge in [-0.05, 0) is 30.5 Å². The molecule has 0 radical (unpaired) electrons. The Morgan fingerprint density at radius 3 is 2.50 bits per heavy atom. The molecule has 0 saturated carbocycles. The molecular weight excluding hydrogens is 380 g/mol. The molecule has 0 bridgehead atoms. The van der Waals surface area contributed by atoms with Crippen molar-refractivity contribution in [3.8, 4) is 5.75 Å². The number of nitrogens with zero attached hydrogens (tertiary/aromatic N) is 1. The molecule has 1 aliphatic heterocycles. The maximum absolute atomic E-state index is 12.9. The summed E-state index contributed by atoms with van der Waals surface area (Å²) in [6, 6.07) is 20.7. The molecule has 3 aromatic rings. The van der Waals surface area contributed by atoms with E-state index in [1.54, 1.807) is 36.1 Å². The van der Waals surface area contributed by atoms with Crippen LogP contribution >= 0.6 is 0 Å². The highest BCUT2D eigenvalue weighted by molar-refractivity contribution is 6.04. The van der Waals surface area contributed by atoms with Gasteiger partial charge in [0, 0.05) is 18.5 Å². The fraction of sp³-hybridized carbons (Fsp3) is 0.250. The molecule has 0 aromatic heterocycles. The van der Waals surface area contributed by atoms with Gasteiger partial charge in [0.05, 0.1) is 24.5 Å². The number of rotatable bonds is 5. The molecule has 30 heavy (non-hydrogen) atoms. The summed E-state index contributed by atoms with van der Waals surface area (Å²) in [4.78, 5) is 27.5. The lowest BCUT2D eigenvalue weighted by molar-refractivity contribution is -0.122. The Morgan fingerprint density at radius 2 is 1.67 bits per heavy atom. The van der Waals surface area contributed by atoms with Gasteiger partial charge >= 0.3 is 0 Å². The van der Waals surface area contributed by atoms with Crippen LogP contribution in [0.2, 0.25) is 0 Å². The molecule has 1 N–H and O–H groups in total. The second-order valence-corrected chi connectivity index (χ2v) is 7.18. The first kappa shape index (κ1) is 19.9. The van der Waals surface area contributed by atoms with Crippen molar-refractivity contribution >= 4 is 28.3 Å². The van der Waals surface area contributed by atoms with E-state index in [1.807, 2.05) is 42.5 Å². The van der Waals surface area contributed by atoms with Crippen molar-refractivity contribution in [3.05, 3.63) is 72.3 Å². The highest BCUT2D eigenvalue weighted by Gasteiger charge is 2.23. The summed E-state index contributed by atoms with van der Waals surface area (Å²) in [6.07, 6.45) is -0.734. The second-order valence-electron chi connectivity index (χ2n) is 7.18. The number of para-hydroxylation sites is 1. The SMILES string of the molecule is C[C@@H](Oc1cccc2ccccc12)C(=O)Nc1ccccc1C(=O)N1CCOCC1. The number of carbonyl (C=O) groups is 2. The third kappa shape index (κ3) is 4.28. The van der Waals surface area contributed by atoms with Gasteiger partial charge in [-0.15, -0.1) is 0 Å². The Hall–Kier alpha value is -3.38. The molecule has 3 aromatic carbocycles. The lowest BCUT2D eigenvalue weighted by Gasteiger charge is -2.27. The normalized spacial score (nSPS) is 14.9. The van der Waals surface area contributed by atoms with E-state index in [1.165, 1.54) is 0 Å². The first-order valence-electron chi connectivity index (χ1n) is 10.0. The Morgan fingerprint density at radius 1 is 0.967 bits per heavy atom. The highest BCUT2D eigenvalue weighted by Crippen LogP contribution is 2.26. The quantitative estimate of drug-likeness (QED) is 0.704. The average molecular weight is 404 g/mol. The minimum atomic E-state index is -0.734. The zero-order chi connectivity index (χ0) is 20.9. The van der Waals surface area contributed by atoms with E-state index in [-0.39, 0.29) is 11.8 Å². The largest absolute Gasteiger partial charge is 0.480 e. The molecule has 6 nitrogen and oxygen atoms in total. The van der Waals surface area contributed by atoms with Crippen LogP contribution in [-0.4, -0.2) is 49.1 Å². The van der Waals surface area contributed by atoms with E-state index >= 15 is 0 Å². The lowest BCUT2D eigenvalue weighted by atomic mass is 10.1. The Kier molecular flexibility index (Phi) is 5.95. The van der Waals surface area contributed by atoms with Crippen molar-refractivity contribution in [1.29, 1.82) is 0 Å². The van der Waals surface area contributed by atoms with E-state index in [4.69, 9.17) is 9.47 Å².